The maximum absolute atomic E-state index is 11.4. The van der Waals surface area contributed by atoms with Crippen LogP contribution in [0.3, 0.4) is 0 Å². The molecule has 1 saturated heterocycles. The van der Waals surface area contributed by atoms with Crippen LogP contribution in [0.2, 0.25) is 0 Å². The Bertz CT molecular complexity index is 801. The first-order valence-electron chi connectivity index (χ1n) is 5.79. The highest BCUT2D eigenvalue weighted by Gasteiger charge is 2.18. The zero-order chi connectivity index (χ0) is 16.3. The van der Waals surface area contributed by atoms with E-state index in [9.17, 15) is 23.3 Å². The van der Waals surface area contributed by atoms with Crippen LogP contribution in [0.15, 0.2) is 33.3 Å². The summed E-state index contributed by atoms with van der Waals surface area (Å²) in [7, 11) is -3.54. The van der Waals surface area contributed by atoms with Crippen molar-refractivity contribution in [1.29, 1.82) is 0 Å². The number of nitrogens with zero attached hydrogens (tertiary/aromatic N) is 3. The van der Waals surface area contributed by atoms with Crippen molar-refractivity contribution in [3.8, 4) is 0 Å². The summed E-state index contributed by atoms with van der Waals surface area (Å²) in [5.74, 6) is 0.0554. The average Bonchev–Trinajstić information content (AvgIpc) is 2.83. The molecule has 0 saturated carbocycles. The lowest BCUT2D eigenvalue weighted by Crippen LogP contribution is -2.19. The number of sulfone groups is 1. The zero-order valence-electron chi connectivity index (χ0n) is 11.2. The van der Waals surface area contributed by atoms with Crippen molar-refractivity contribution in [3.05, 3.63) is 33.9 Å². The third-order valence-corrected chi connectivity index (χ3v) is 4.53. The first-order valence-corrected chi connectivity index (χ1v) is 8.67. The summed E-state index contributed by atoms with van der Waals surface area (Å²) in [6, 6.07) is 3.50. The van der Waals surface area contributed by atoms with Gasteiger partial charge in [-0.15, -0.1) is 5.10 Å². The van der Waals surface area contributed by atoms with Gasteiger partial charge in [-0.3, -0.25) is 14.9 Å². The van der Waals surface area contributed by atoms with Gasteiger partial charge in [-0.1, -0.05) is 11.8 Å². The molecule has 1 aliphatic heterocycles. The molecule has 1 heterocycles. The summed E-state index contributed by atoms with van der Waals surface area (Å²) in [5.41, 5.74) is -0.286. The molecule has 1 aliphatic rings. The number of thioether (sulfide) groups is 1. The minimum Gasteiger partial charge on any atom is -0.303 e. The second kappa shape index (κ2) is 6.23. The Balaban J connectivity index is 2.31. The largest absolute Gasteiger partial charge is 0.303 e. The summed E-state index contributed by atoms with van der Waals surface area (Å²) < 4.78 is 22.8. The highest BCUT2D eigenvalue weighted by molar-refractivity contribution is 8.15. The van der Waals surface area contributed by atoms with E-state index in [0.29, 0.717) is 5.17 Å². The number of amides is 1. The fraction of sp³-hybridized carbons (Fsp3) is 0.182. The van der Waals surface area contributed by atoms with E-state index in [1.807, 2.05) is 0 Å². The fourth-order valence-electron chi connectivity index (χ4n) is 1.54. The lowest BCUT2D eigenvalue weighted by Gasteiger charge is -2.00. The molecule has 0 atom stereocenters. The molecule has 0 unspecified atom stereocenters. The van der Waals surface area contributed by atoms with Crippen LogP contribution < -0.4 is 5.32 Å². The Hall–Kier alpha value is -2.27. The Morgan fingerprint density at radius 3 is 2.73 bits per heavy atom. The van der Waals surface area contributed by atoms with Gasteiger partial charge in [0.25, 0.3) is 5.69 Å². The van der Waals surface area contributed by atoms with E-state index in [4.69, 9.17) is 0 Å². The number of nitro benzene ring substituents is 1. The van der Waals surface area contributed by atoms with Gasteiger partial charge < -0.3 is 5.32 Å². The molecule has 0 aromatic heterocycles. The molecule has 0 spiro atoms. The van der Waals surface area contributed by atoms with Gasteiger partial charge in [-0.05, 0) is 12.1 Å². The summed E-state index contributed by atoms with van der Waals surface area (Å²) >= 11 is 1.16. The van der Waals surface area contributed by atoms with Gasteiger partial charge in [0.05, 0.1) is 27.3 Å². The minimum absolute atomic E-state index is 0.107. The fourth-order valence-corrected chi connectivity index (χ4v) is 2.82. The average molecular weight is 342 g/mol. The van der Waals surface area contributed by atoms with Crippen molar-refractivity contribution in [1.82, 2.24) is 5.32 Å². The summed E-state index contributed by atoms with van der Waals surface area (Å²) in [4.78, 5) is 21.1. The second-order valence-electron chi connectivity index (χ2n) is 4.24. The molecule has 1 aromatic rings. The van der Waals surface area contributed by atoms with Gasteiger partial charge >= 0.3 is 0 Å². The van der Waals surface area contributed by atoms with Gasteiger partial charge in [0.15, 0.2) is 15.0 Å². The van der Waals surface area contributed by atoms with Crippen molar-refractivity contribution in [2.24, 2.45) is 10.2 Å². The van der Waals surface area contributed by atoms with Crippen LogP contribution in [0.25, 0.3) is 0 Å². The van der Waals surface area contributed by atoms with Crippen LogP contribution in [-0.2, 0) is 14.6 Å². The molecule has 22 heavy (non-hydrogen) atoms. The molecule has 116 valence electrons. The normalized spacial score (nSPS) is 17.1. The van der Waals surface area contributed by atoms with Crippen LogP contribution in [0, 0.1) is 10.1 Å². The summed E-state index contributed by atoms with van der Waals surface area (Å²) in [5, 5.41) is 21.2. The lowest BCUT2D eigenvalue weighted by atomic mass is 10.2. The topological polar surface area (TPSA) is 131 Å². The first kappa shape index (κ1) is 16.1. The Morgan fingerprint density at radius 1 is 1.45 bits per heavy atom. The van der Waals surface area contributed by atoms with Gasteiger partial charge in [-0.2, -0.15) is 5.10 Å². The number of hydrogen-bond donors (Lipinski definition) is 1. The van der Waals surface area contributed by atoms with Crippen molar-refractivity contribution in [2.45, 2.75) is 4.90 Å². The SMILES string of the molecule is CS(=O)(=O)c1ccc(C=NN=C2NC(=O)CS2)c([N+](=O)[O-])c1. The van der Waals surface area contributed by atoms with E-state index in [1.165, 1.54) is 12.1 Å². The monoisotopic (exact) mass is 342 g/mol. The van der Waals surface area contributed by atoms with Crippen LogP contribution >= 0.6 is 11.8 Å². The predicted octanol–water partition coefficient (Wildman–Crippen LogP) is 0.551. The Morgan fingerprint density at radius 2 is 2.18 bits per heavy atom. The maximum Gasteiger partial charge on any atom is 0.279 e. The smallest absolute Gasteiger partial charge is 0.279 e. The molecule has 1 fully saturated rings. The Kier molecular flexibility index (Phi) is 4.56. The number of carbonyl (C=O) groups excluding carboxylic acids is 1. The quantitative estimate of drug-likeness (QED) is 0.483. The van der Waals surface area contributed by atoms with Crippen LogP contribution in [0.1, 0.15) is 5.56 Å². The first-order chi connectivity index (χ1) is 10.3. The molecular weight excluding hydrogens is 332 g/mol. The Labute approximate surface area is 129 Å². The number of benzene rings is 1. The van der Waals surface area contributed by atoms with Gasteiger partial charge in [0.1, 0.15) is 0 Å². The van der Waals surface area contributed by atoms with Crippen molar-refractivity contribution in [2.75, 3.05) is 12.0 Å². The number of carbonyl (C=O) groups is 1. The number of nitrogens with one attached hydrogen (secondary N) is 1. The van der Waals surface area contributed by atoms with E-state index >= 15 is 0 Å². The van der Waals surface area contributed by atoms with E-state index in [1.54, 1.807) is 0 Å². The molecular formula is C11H10N4O5S2. The third kappa shape index (κ3) is 3.89. The predicted molar refractivity (Wildman–Crippen MR) is 81.8 cm³/mol. The number of rotatable bonds is 4. The molecule has 0 radical (unpaired) electrons. The third-order valence-electron chi connectivity index (χ3n) is 2.56. The van der Waals surface area contributed by atoms with Crippen molar-refractivity contribution in [3.63, 3.8) is 0 Å². The van der Waals surface area contributed by atoms with Crippen LogP contribution in [-0.4, -0.2) is 42.6 Å². The van der Waals surface area contributed by atoms with E-state index in [-0.39, 0.29) is 22.1 Å². The summed E-state index contributed by atoms with van der Waals surface area (Å²) in [6.07, 6.45) is 2.09. The van der Waals surface area contributed by atoms with E-state index in [2.05, 4.69) is 15.5 Å². The molecule has 9 nitrogen and oxygen atoms in total. The molecule has 1 aromatic carbocycles. The maximum atomic E-state index is 11.4. The number of hydrogen-bond acceptors (Lipinski definition) is 8. The molecule has 1 N–H and O–H groups in total. The van der Waals surface area contributed by atoms with Crippen LogP contribution in [0.5, 0.6) is 0 Å². The molecule has 0 aliphatic carbocycles. The molecule has 0 bridgehead atoms. The van der Waals surface area contributed by atoms with Crippen molar-refractivity contribution < 1.29 is 18.1 Å². The van der Waals surface area contributed by atoms with Crippen molar-refractivity contribution >= 4 is 44.6 Å². The van der Waals surface area contributed by atoms with Crippen LogP contribution in [0.4, 0.5) is 5.69 Å². The minimum atomic E-state index is -3.54. The molecule has 11 heteroatoms. The standard InChI is InChI=1S/C11H10N4O5S2/c1-22(19,20)8-3-2-7(9(4-8)15(17)18)5-12-14-11-13-10(16)6-21-11/h2-5H,6H2,1H3,(H,13,14,16). The highest BCUT2D eigenvalue weighted by Crippen LogP contribution is 2.22. The highest BCUT2D eigenvalue weighted by atomic mass is 32.2. The lowest BCUT2D eigenvalue weighted by molar-refractivity contribution is -0.385. The van der Waals surface area contributed by atoms with E-state index < -0.39 is 20.4 Å². The summed E-state index contributed by atoms with van der Waals surface area (Å²) in [6.45, 7) is 0. The molecule has 1 amide bonds. The van der Waals surface area contributed by atoms with E-state index in [0.717, 1.165) is 30.3 Å². The number of amidine groups is 1. The van der Waals surface area contributed by atoms with Gasteiger partial charge in [0, 0.05) is 12.3 Å². The second-order valence-corrected chi connectivity index (χ2v) is 7.22. The molecule has 2 rings (SSSR count). The van der Waals surface area contributed by atoms with Gasteiger partial charge in [-0.25, -0.2) is 8.42 Å². The van der Waals surface area contributed by atoms with Gasteiger partial charge in [0.2, 0.25) is 5.91 Å². The zero-order valence-corrected chi connectivity index (χ0v) is 12.8. The number of nitro groups is 1.